The molecule has 1 rings (SSSR count). The van der Waals surface area contributed by atoms with E-state index in [9.17, 15) is 8.42 Å². The summed E-state index contributed by atoms with van der Waals surface area (Å²) in [5.74, 6) is 0.294. The van der Waals surface area contributed by atoms with Crippen molar-refractivity contribution in [3.05, 3.63) is 0 Å². The maximum atomic E-state index is 11.2. The smallest absolute Gasteiger partial charge is 0.211 e. The third kappa shape index (κ3) is 2.73. The summed E-state index contributed by atoms with van der Waals surface area (Å²) < 4.78 is 29.0. The van der Waals surface area contributed by atoms with Gasteiger partial charge in [-0.3, -0.25) is 0 Å². The first-order valence-corrected chi connectivity index (χ1v) is 5.88. The van der Waals surface area contributed by atoms with Crippen LogP contribution in [0, 0.1) is 5.92 Å². The molecule has 0 aromatic heterocycles. The van der Waals surface area contributed by atoms with Gasteiger partial charge in [-0.2, -0.15) is 4.31 Å². The van der Waals surface area contributed by atoms with Crippen LogP contribution in [0.2, 0.25) is 0 Å². The van der Waals surface area contributed by atoms with Gasteiger partial charge in [0.15, 0.2) is 0 Å². The Hall–Kier alpha value is -0.130. The zero-order valence-electron chi connectivity index (χ0n) is 7.49. The number of hydrogen-bond donors (Lipinski definition) is 0. The van der Waals surface area contributed by atoms with Crippen LogP contribution in [0.5, 0.6) is 0 Å². The van der Waals surface area contributed by atoms with Crippen molar-refractivity contribution in [3.8, 4) is 0 Å². The van der Waals surface area contributed by atoms with E-state index in [0.717, 1.165) is 0 Å². The van der Waals surface area contributed by atoms with E-state index in [-0.39, 0.29) is 0 Å². The molecule has 0 radical (unpaired) electrons. The Kier molecular flexibility index (Phi) is 3.09. The summed E-state index contributed by atoms with van der Waals surface area (Å²) in [7, 11) is -3.03. The molecule has 0 N–H and O–H groups in total. The summed E-state index contributed by atoms with van der Waals surface area (Å²) >= 11 is 0. The molecule has 1 fully saturated rings. The molecule has 1 heterocycles. The monoisotopic (exact) mass is 193 g/mol. The van der Waals surface area contributed by atoms with Gasteiger partial charge >= 0.3 is 0 Å². The van der Waals surface area contributed by atoms with Gasteiger partial charge in [0, 0.05) is 13.1 Å². The Balaban J connectivity index is 2.65. The number of hydrogen-bond acceptors (Lipinski definition) is 3. The van der Waals surface area contributed by atoms with Crippen molar-refractivity contribution in [1.82, 2.24) is 4.31 Å². The lowest BCUT2D eigenvalue weighted by atomic mass is 10.2. The Labute approximate surface area is 73.6 Å². The second-order valence-electron chi connectivity index (χ2n) is 3.30. The molecule has 0 aliphatic carbocycles. The Bertz CT molecular complexity index is 237. The van der Waals surface area contributed by atoms with Gasteiger partial charge in [-0.25, -0.2) is 8.42 Å². The summed E-state index contributed by atoms with van der Waals surface area (Å²) in [5, 5.41) is 0. The largest absolute Gasteiger partial charge is 0.380 e. The SMILES string of the molecule is CC1COCCN(S(C)(=O)=O)C1. The Morgan fingerprint density at radius 2 is 2.17 bits per heavy atom. The normalized spacial score (nSPS) is 28.3. The summed E-state index contributed by atoms with van der Waals surface area (Å²) in [6.45, 7) is 4.23. The average molecular weight is 193 g/mol. The molecule has 1 aliphatic rings. The van der Waals surface area contributed by atoms with Gasteiger partial charge in [0.2, 0.25) is 10.0 Å². The number of rotatable bonds is 1. The molecule has 72 valence electrons. The predicted molar refractivity (Wildman–Crippen MR) is 46.4 cm³/mol. The minimum absolute atomic E-state index is 0.294. The van der Waals surface area contributed by atoms with Crippen LogP contribution < -0.4 is 0 Å². The first-order valence-electron chi connectivity index (χ1n) is 4.03. The van der Waals surface area contributed by atoms with Crippen LogP contribution in [0.1, 0.15) is 6.92 Å². The molecule has 0 saturated carbocycles. The summed E-state index contributed by atoms with van der Waals surface area (Å²) in [6.07, 6.45) is 1.24. The third-order valence-electron chi connectivity index (χ3n) is 1.87. The van der Waals surface area contributed by atoms with E-state index in [0.29, 0.717) is 32.2 Å². The van der Waals surface area contributed by atoms with E-state index in [1.165, 1.54) is 10.6 Å². The highest BCUT2D eigenvalue weighted by Gasteiger charge is 2.21. The van der Waals surface area contributed by atoms with Crippen molar-refractivity contribution in [1.29, 1.82) is 0 Å². The van der Waals surface area contributed by atoms with Crippen molar-refractivity contribution < 1.29 is 13.2 Å². The van der Waals surface area contributed by atoms with Crippen molar-refractivity contribution in [2.24, 2.45) is 5.92 Å². The predicted octanol–water partition coefficient (Wildman–Crippen LogP) is -0.0857. The van der Waals surface area contributed by atoms with Gasteiger partial charge in [-0.15, -0.1) is 0 Å². The van der Waals surface area contributed by atoms with Gasteiger partial charge < -0.3 is 4.74 Å². The molecule has 0 aromatic rings. The van der Waals surface area contributed by atoms with Gasteiger partial charge in [0.1, 0.15) is 0 Å². The second-order valence-corrected chi connectivity index (χ2v) is 5.28. The number of sulfonamides is 1. The summed E-state index contributed by atoms with van der Waals surface area (Å²) in [4.78, 5) is 0. The van der Waals surface area contributed by atoms with Crippen LogP contribution in [-0.2, 0) is 14.8 Å². The molecule has 1 saturated heterocycles. The maximum absolute atomic E-state index is 11.2. The van der Waals surface area contributed by atoms with Gasteiger partial charge in [-0.1, -0.05) is 6.92 Å². The van der Waals surface area contributed by atoms with Gasteiger partial charge in [-0.05, 0) is 5.92 Å². The van der Waals surface area contributed by atoms with E-state index >= 15 is 0 Å². The van der Waals surface area contributed by atoms with Crippen molar-refractivity contribution in [2.45, 2.75) is 6.92 Å². The van der Waals surface area contributed by atoms with Crippen LogP contribution >= 0.6 is 0 Å². The highest BCUT2D eigenvalue weighted by molar-refractivity contribution is 7.88. The topological polar surface area (TPSA) is 46.6 Å². The molecule has 0 aromatic carbocycles. The van der Waals surface area contributed by atoms with Crippen LogP contribution in [-0.4, -0.2) is 45.3 Å². The van der Waals surface area contributed by atoms with E-state index in [1.807, 2.05) is 6.92 Å². The zero-order valence-corrected chi connectivity index (χ0v) is 8.30. The Morgan fingerprint density at radius 3 is 2.75 bits per heavy atom. The Morgan fingerprint density at radius 1 is 1.50 bits per heavy atom. The molecular weight excluding hydrogens is 178 g/mol. The molecule has 1 unspecified atom stereocenters. The van der Waals surface area contributed by atoms with Crippen LogP contribution in [0.15, 0.2) is 0 Å². The molecule has 0 amide bonds. The lowest BCUT2D eigenvalue weighted by Gasteiger charge is -2.18. The van der Waals surface area contributed by atoms with Crippen molar-refractivity contribution in [3.63, 3.8) is 0 Å². The summed E-state index contributed by atoms with van der Waals surface area (Å²) in [5.41, 5.74) is 0. The third-order valence-corrected chi connectivity index (χ3v) is 3.14. The van der Waals surface area contributed by atoms with E-state index in [1.54, 1.807) is 0 Å². The fourth-order valence-electron chi connectivity index (χ4n) is 1.24. The first-order chi connectivity index (χ1) is 5.50. The molecule has 0 spiro atoms. The molecule has 5 heteroatoms. The second kappa shape index (κ2) is 3.72. The van der Waals surface area contributed by atoms with E-state index in [4.69, 9.17) is 4.74 Å². The lowest BCUT2D eigenvalue weighted by Crippen LogP contribution is -2.34. The van der Waals surface area contributed by atoms with Crippen LogP contribution in [0.4, 0.5) is 0 Å². The minimum Gasteiger partial charge on any atom is -0.380 e. The fourth-order valence-corrected chi connectivity index (χ4v) is 2.18. The summed E-state index contributed by atoms with van der Waals surface area (Å²) in [6, 6.07) is 0. The number of ether oxygens (including phenoxy) is 1. The maximum Gasteiger partial charge on any atom is 0.211 e. The zero-order chi connectivity index (χ0) is 9.19. The van der Waals surface area contributed by atoms with E-state index in [2.05, 4.69) is 0 Å². The first kappa shape index (κ1) is 9.95. The van der Waals surface area contributed by atoms with Crippen molar-refractivity contribution >= 4 is 10.0 Å². The van der Waals surface area contributed by atoms with Gasteiger partial charge in [0.25, 0.3) is 0 Å². The van der Waals surface area contributed by atoms with Crippen LogP contribution in [0.25, 0.3) is 0 Å². The quantitative estimate of drug-likeness (QED) is 0.585. The molecular formula is C7H15NO3S. The van der Waals surface area contributed by atoms with Crippen LogP contribution in [0.3, 0.4) is 0 Å². The average Bonchev–Trinajstić information content (AvgIpc) is 2.11. The lowest BCUT2D eigenvalue weighted by molar-refractivity contribution is 0.128. The molecule has 1 atom stereocenters. The molecule has 1 aliphatic heterocycles. The molecule has 0 bridgehead atoms. The van der Waals surface area contributed by atoms with Crippen molar-refractivity contribution in [2.75, 3.05) is 32.6 Å². The van der Waals surface area contributed by atoms with Gasteiger partial charge in [0.05, 0.1) is 19.5 Å². The molecule has 12 heavy (non-hydrogen) atoms. The minimum atomic E-state index is -3.03. The number of nitrogens with zero attached hydrogens (tertiary/aromatic N) is 1. The highest BCUT2D eigenvalue weighted by Crippen LogP contribution is 2.08. The standard InChI is InChI=1S/C7H15NO3S/c1-7-5-8(12(2,9)10)3-4-11-6-7/h7H,3-6H2,1-2H3. The fraction of sp³-hybridized carbons (Fsp3) is 1.00. The molecule has 4 nitrogen and oxygen atoms in total. The highest BCUT2D eigenvalue weighted by atomic mass is 32.2. The van der Waals surface area contributed by atoms with E-state index < -0.39 is 10.0 Å².